The van der Waals surface area contributed by atoms with Gasteiger partial charge >= 0.3 is 0 Å². The van der Waals surface area contributed by atoms with E-state index in [0.29, 0.717) is 18.1 Å². The molecule has 4 heterocycles. The number of aryl methyl sites for hydroxylation is 1. The van der Waals surface area contributed by atoms with Gasteiger partial charge in [0, 0.05) is 50.0 Å². The molecule has 0 spiro atoms. The summed E-state index contributed by atoms with van der Waals surface area (Å²) < 4.78 is 2.99. The van der Waals surface area contributed by atoms with Crippen molar-refractivity contribution in [1.29, 1.82) is 0 Å². The van der Waals surface area contributed by atoms with Crippen molar-refractivity contribution >= 4 is 5.82 Å². The lowest BCUT2D eigenvalue weighted by Gasteiger charge is -2.25. The lowest BCUT2D eigenvalue weighted by molar-refractivity contribution is 0.487. The van der Waals surface area contributed by atoms with Gasteiger partial charge in [-0.3, -0.25) is 14.6 Å². The van der Waals surface area contributed by atoms with E-state index in [2.05, 4.69) is 15.1 Å². The maximum Gasteiger partial charge on any atom is 0.293 e. The van der Waals surface area contributed by atoms with E-state index in [0.717, 1.165) is 24.9 Å². The van der Waals surface area contributed by atoms with E-state index in [1.165, 1.54) is 15.3 Å². The molecule has 0 aliphatic carbocycles. The number of pyridine rings is 1. The Hall–Kier alpha value is -3.29. The Balaban J connectivity index is 1.64. The molecule has 1 fully saturated rings. The smallest absolute Gasteiger partial charge is 0.293 e. The molecule has 3 aromatic rings. The standard InChI is InChI=1S/C19H20N6O2/c1-23-11-9-21-18(19(23)27)24-10-3-5-15(24)13-25-17(26)7-6-16(22-25)14-4-2-8-20-12-14/h2,4,6-9,11-12,15H,3,5,10,13H2,1H3. The summed E-state index contributed by atoms with van der Waals surface area (Å²) in [6.45, 7) is 1.15. The number of anilines is 1. The molecule has 1 aliphatic heterocycles. The molecule has 27 heavy (non-hydrogen) atoms. The summed E-state index contributed by atoms with van der Waals surface area (Å²) in [5.74, 6) is 0.430. The highest BCUT2D eigenvalue weighted by Crippen LogP contribution is 2.22. The number of aromatic nitrogens is 5. The third-order valence-corrected chi connectivity index (χ3v) is 4.86. The van der Waals surface area contributed by atoms with Crippen LogP contribution in [0.25, 0.3) is 11.3 Å². The molecule has 1 aliphatic rings. The second-order valence-electron chi connectivity index (χ2n) is 6.64. The Morgan fingerprint density at radius 1 is 1.19 bits per heavy atom. The van der Waals surface area contributed by atoms with Gasteiger partial charge in [0.15, 0.2) is 5.82 Å². The third kappa shape index (κ3) is 3.38. The topological polar surface area (TPSA) is 85.9 Å². The fourth-order valence-electron chi connectivity index (χ4n) is 3.43. The minimum absolute atomic E-state index is 0.00180. The van der Waals surface area contributed by atoms with Crippen LogP contribution in [-0.2, 0) is 13.6 Å². The van der Waals surface area contributed by atoms with E-state index in [1.54, 1.807) is 37.9 Å². The monoisotopic (exact) mass is 364 g/mol. The fourth-order valence-corrected chi connectivity index (χ4v) is 3.43. The fraction of sp³-hybridized carbons (Fsp3) is 0.316. The first-order chi connectivity index (χ1) is 13.1. The van der Waals surface area contributed by atoms with E-state index in [4.69, 9.17) is 0 Å². The van der Waals surface area contributed by atoms with Gasteiger partial charge in [-0.15, -0.1) is 0 Å². The normalized spacial score (nSPS) is 16.6. The Morgan fingerprint density at radius 2 is 2.07 bits per heavy atom. The maximum absolute atomic E-state index is 12.4. The van der Waals surface area contributed by atoms with Crippen LogP contribution in [0, 0.1) is 0 Å². The second kappa shape index (κ2) is 7.14. The molecule has 0 saturated carbocycles. The van der Waals surface area contributed by atoms with Crippen LogP contribution in [0.4, 0.5) is 5.82 Å². The van der Waals surface area contributed by atoms with Crippen molar-refractivity contribution in [3.63, 3.8) is 0 Å². The predicted molar refractivity (Wildman–Crippen MR) is 102 cm³/mol. The first-order valence-corrected chi connectivity index (χ1v) is 8.90. The number of rotatable bonds is 4. The van der Waals surface area contributed by atoms with Gasteiger partial charge in [-0.05, 0) is 31.0 Å². The molecule has 3 aromatic heterocycles. The van der Waals surface area contributed by atoms with Crippen molar-refractivity contribution in [1.82, 2.24) is 24.3 Å². The molecule has 1 saturated heterocycles. The summed E-state index contributed by atoms with van der Waals surface area (Å²) in [5, 5.41) is 4.51. The Labute approximate surface area is 155 Å². The zero-order valence-corrected chi connectivity index (χ0v) is 15.0. The van der Waals surface area contributed by atoms with Crippen LogP contribution in [0.5, 0.6) is 0 Å². The molecule has 8 nitrogen and oxygen atoms in total. The van der Waals surface area contributed by atoms with Crippen LogP contribution >= 0.6 is 0 Å². The first kappa shape index (κ1) is 17.1. The van der Waals surface area contributed by atoms with Crippen LogP contribution in [0.1, 0.15) is 12.8 Å². The van der Waals surface area contributed by atoms with Crippen LogP contribution in [0.3, 0.4) is 0 Å². The van der Waals surface area contributed by atoms with Crippen molar-refractivity contribution < 1.29 is 0 Å². The van der Waals surface area contributed by atoms with Gasteiger partial charge in [0.25, 0.3) is 11.1 Å². The van der Waals surface area contributed by atoms with Crippen molar-refractivity contribution in [3.05, 3.63) is 69.8 Å². The SMILES string of the molecule is Cn1ccnc(N2CCCC2Cn2nc(-c3cccnc3)ccc2=O)c1=O. The lowest BCUT2D eigenvalue weighted by Crippen LogP contribution is -2.40. The van der Waals surface area contributed by atoms with Gasteiger partial charge in [-0.1, -0.05) is 0 Å². The van der Waals surface area contributed by atoms with Crippen molar-refractivity contribution in [2.45, 2.75) is 25.4 Å². The van der Waals surface area contributed by atoms with Gasteiger partial charge in [0.2, 0.25) is 0 Å². The second-order valence-corrected chi connectivity index (χ2v) is 6.64. The average molecular weight is 364 g/mol. The summed E-state index contributed by atoms with van der Waals surface area (Å²) in [4.78, 5) is 35.1. The van der Waals surface area contributed by atoms with Crippen molar-refractivity contribution in [2.24, 2.45) is 7.05 Å². The third-order valence-electron chi connectivity index (χ3n) is 4.86. The zero-order chi connectivity index (χ0) is 18.8. The largest absolute Gasteiger partial charge is 0.347 e. The molecule has 1 atom stereocenters. The van der Waals surface area contributed by atoms with Gasteiger partial charge in [-0.25, -0.2) is 9.67 Å². The van der Waals surface area contributed by atoms with Crippen molar-refractivity contribution in [3.8, 4) is 11.3 Å². The zero-order valence-electron chi connectivity index (χ0n) is 15.0. The molecular formula is C19H20N6O2. The van der Waals surface area contributed by atoms with E-state index >= 15 is 0 Å². The van der Waals surface area contributed by atoms with Crippen molar-refractivity contribution in [2.75, 3.05) is 11.4 Å². The average Bonchev–Trinajstić information content (AvgIpc) is 3.14. The molecule has 0 bridgehead atoms. The van der Waals surface area contributed by atoms with Gasteiger partial charge in [0.05, 0.1) is 18.3 Å². The van der Waals surface area contributed by atoms with E-state index in [1.807, 2.05) is 17.0 Å². The summed E-state index contributed by atoms with van der Waals surface area (Å²) >= 11 is 0. The Kier molecular flexibility index (Phi) is 4.53. The molecule has 4 rings (SSSR count). The quantitative estimate of drug-likeness (QED) is 0.688. The van der Waals surface area contributed by atoms with E-state index in [-0.39, 0.29) is 17.2 Å². The highest BCUT2D eigenvalue weighted by molar-refractivity contribution is 5.56. The molecule has 8 heteroatoms. The lowest BCUT2D eigenvalue weighted by atomic mass is 10.2. The van der Waals surface area contributed by atoms with E-state index < -0.39 is 0 Å². The summed E-state index contributed by atoms with van der Waals surface area (Å²) in [6.07, 6.45) is 8.51. The van der Waals surface area contributed by atoms with Gasteiger partial charge in [0.1, 0.15) is 0 Å². The molecule has 138 valence electrons. The molecular weight excluding hydrogens is 344 g/mol. The minimum Gasteiger partial charge on any atom is -0.347 e. The Morgan fingerprint density at radius 3 is 2.89 bits per heavy atom. The Bertz CT molecular complexity index is 1060. The van der Waals surface area contributed by atoms with Gasteiger partial charge in [-0.2, -0.15) is 5.10 Å². The van der Waals surface area contributed by atoms with Crippen LogP contribution in [-0.4, -0.2) is 36.9 Å². The molecule has 0 amide bonds. The number of hydrogen-bond acceptors (Lipinski definition) is 6. The summed E-state index contributed by atoms with van der Waals surface area (Å²) in [7, 11) is 1.71. The predicted octanol–water partition coefficient (Wildman–Crippen LogP) is 1.07. The maximum atomic E-state index is 12.4. The van der Waals surface area contributed by atoms with Crippen LogP contribution in [0.2, 0.25) is 0 Å². The van der Waals surface area contributed by atoms with Crippen LogP contribution < -0.4 is 16.0 Å². The molecule has 0 radical (unpaired) electrons. The number of hydrogen-bond donors (Lipinski definition) is 0. The van der Waals surface area contributed by atoms with Gasteiger partial charge < -0.3 is 9.47 Å². The number of nitrogens with zero attached hydrogens (tertiary/aromatic N) is 6. The highest BCUT2D eigenvalue weighted by atomic mass is 16.1. The summed E-state index contributed by atoms with van der Waals surface area (Å²) in [5.41, 5.74) is 1.26. The molecule has 0 aromatic carbocycles. The highest BCUT2D eigenvalue weighted by Gasteiger charge is 2.28. The van der Waals surface area contributed by atoms with Crippen LogP contribution in [0.15, 0.2) is 58.6 Å². The first-order valence-electron chi connectivity index (χ1n) is 8.90. The summed E-state index contributed by atoms with van der Waals surface area (Å²) in [6, 6.07) is 6.97. The van der Waals surface area contributed by atoms with E-state index in [9.17, 15) is 9.59 Å². The minimum atomic E-state index is -0.164. The molecule has 1 unspecified atom stereocenters. The molecule has 0 N–H and O–H groups in total.